The number of carbonyl (C=O) groups is 1. The average Bonchev–Trinajstić information content (AvgIpc) is 2.83. The van der Waals surface area contributed by atoms with Crippen LogP contribution in [-0.4, -0.2) is 22.7 Å². The molecule has 0 bridgehead atoms. The van der Waals surface area contributed by atoms with Gasteiger partial charge in [-0.25, -0.2) is 9.78 Å². The summed E-state index contributed by atoms with van der Waals surface area (Å²) in [5.41, 5.74) is 0. The van der Waals surface area contributed by atoms with E-state index in [0.717, 1.165) is 5.01 Å². The topological polar surface area (TPSA) is 59.4 Å². The van der Waals surface area contributed by atoms with Gasteiger partial charge in [0.2, 0.25) is 5.88 Å². The van der Waals surface area contributed by atoms with Crippen LogP contribution >= 0.6 is 11.3 Å². The highest BCUT2D eigenvalue weighted by atomic mass is 32.1. The zero-order chi connectivity index (χ0) is 9.26. The van der Waals surface area contributed by atoms with Gasteiger partial charge in [0.15, 0.2) is 6.61 Å². The number of ether oxygens (including phenoxy) is 1. The summed E-state index contributed by atoms with van der Waals surface area (Å²) in [5.74, 6) is 0.0717. The lowest BCUT2D eigenvalue weighted by atomic mass is 10.5. The molecule has 0 aliphatic heterocycles. The Bertz CT molecular complexity index is 319. The monoisotopic (exact) mass is 199 g/mol. The van der Waals surface area contributed by atoms with Crippen molar-refractivity contribution in [1.82, 2.24) is 4.98 Å². The summed E-state index contributed by atoms with van der Waals surface area (Å²) in [6.07, 6.45) is 2.40. The molecule has 0 aromatic carbocycles. The second-order valence-electron chi connectivity index (χ2n) is 2.98. The van der Waals surface area contributed by atoms with Gasteiger partial charge in [-0.15, -0.1) is 11.3 Å². The molecule has 1 N–H and O–H groups in total. The predicted molar refractivity (Wildman–Crippen MR) is 47.2 cm³/mol. The van der Waals surface area contributed by atoms with E-state index in [1.54, 1.807) is 16.7 Å². The fourth-order valence-electron chi connectivity index (χ4n) is 0.992. The van der Waals surface area contributed by atoms with Crippen LogP contribution in [0.1, 0.15) is 23.8 Å². The van der Waals surface area contributed by atoms with Gasteiger partial charge < -0.3 is 9.84 Å². The standard InChI is InChI=1S/C8H9NO3S/c10-7(11)3-12-6-4-13-8(9-6)5-1-2-5/h4-5H,1-3H2,(H,10,11). The molecule has 1 aliphatic carbocycles. The summed E-state index contributed by atoms with van der Waals surface area (Å²) < 4.78 is 4.93. The Kier molecular flexibility index (Phi) is 2.18. The minimum atomic E-state index is -0.971. The van der Waals surface area contributed by atoms with Crippen LogP contribution in [0.2, 0.25) is 0 Å². The second kappa shape index (κ2) is 3.33. The van der Waals surface area contributed by atoms with Gasteiger partial charge >= 0.3 is 5.97 Å². The first-order valence-corrected chi connectivity index (χ1v) is 4.93. The van der Waals surface area contributed by atoms with Crippen LogP contribution in [0.3, 0.4) is 0 Å². The smallest absolute Gasteiger partial charge is 0.341 e. The van der Waals surface area contributed by atoms with E-state index in [4.69, 9.17) is 9.84 Å². The van der Waals surface area contributed by atoms with E-state index in [-0.39, 0.29) is 6.61 Å². The van der Waals surface area contributed by atoms with Gasteiger partial charge in [-0.2, -0.15) is 0 Å². The minimum absolute atomic E-state index is 0.312. The number of rotatable bonds is 4. The molecule has 5 heteroatoms. The minimum Gasteiger partial charge on any atom is -0.479 e. The van der Waals surface area contributed by atoms with Crippen LogP contribution in [0.4, 0.5) is 0 Å². The number of carboxylic acids is 1. The molecular weight excluding hydrogens is 190 g/mol. The van der Waals surface area contributed by atoms with Crippen molar-refractivity contribution in [1.29, 1.82) is 0 Å². The number of thiazole rings is 1. The molecule has 0 radical (unpaired) electrons. The highest BCUT2D eigenvalue weighted by molar-refractivity contribution is 7.09. The molecule has 70 valence electrons. The molecule has 0 saturated heterocycles. The summed E-state index contributed by atoms with van der Waals surface area (Å²) in [4.78, 5) is 14.4. The lowest BCUT2D eigenvalue weighted by molar-refractivity contribution is -0.139. The molecule has 1 aromatic rings. The van der Waals surface area contributed by atoms with Crippen LogP contribution in [0.5, 0.6) is 5.88 Å². The lowest BCUT2D eigenvalue weighted by Crippen LogP contribution is -2.09. The van der Waals surface area contributed by atoms with Crippen molar-refractivity contribution in [3.05, 3.63) is 10.4 Å². The molecule has 0 unspecified atom stereocenters. The van der Waals surface area contributed by atoms with Crippen molar-refractivity contribution >= 4 is 17.3 Å². The van der Waals surface area contributed by atoms with E-state index in [9.17, 15) is 4.79 Å². The van der Waals surface area contributed by atoms with E-state index < -0.39 is 5.97 Å². The van der Waals surface area contributed by atoms with Crippen LogP contribution < -0.4 is 4.74 Å². The lowest BCUT2D eigenvalue weighted by Gasteiger charge is -1.95. The van der Waals surface area contributed by atoms with Gasteiger partial charge in [-0.1, -0.05) is 0 Å². The highest BCUT2D eigenvalue weighted by Gasteiger charge is 2.26. The summed E-state index contributed by atoms with van der Waals surface area (Å²) in [5, 5.41) is 11.2. The van der Waals surface area contributed by atoms with Crippen molar-refractivity contribution in [2.45, 2.75) is 18.8 Å². The third-order valence-corrected chi connectivity index (χ3v) is 2.76. The first-order valence-electron chi connectivity index (χ1n) is 4.05. The second-order valence-corrected chi connectivity index (χ2v) is 3.87. The highest BCUT2D eigenvalue weighted by Crippen LogP contribution is 2.42. The average molecular weight is 199 g/mol. The number of aliphatic carboxylic acids is 1. The fraction of sp³-hybridized carbons (Fsp3) is 0.500. The summed E-state index contributed by atoms with van der Waals surface area (Å²) >= 11 is 1.54. The van der Waals surface area contributed by atoms with E-state index >= 15 is 0 Å². The van der Waals surface area contributed by atoms with Gasteiger partial charge in [0.05, 0.1) is 10.4 Å². The van der Waals surface area contributed by atoms with Crippen molar-refractivity contribution in [3.8, 4) is 5.88 Å². The molecule has 0 spiro atoms. The normalized spacial score (nSPS) is 15.7. The summed E-state index contributed by atoms with van der Waals surface area (Å²) in [6.45, 7) is -0.312. The van der Waals surface area contributed by atoms with Crippen LogP contribution in [-0.2, 0) is 4.79 Å². The number of nitrogens with zero attached hydrogens (tertiary/aromatic N) is 1. The van der Waals surface area contributed by atoms with Gasteiger partial charge in [0.1, 0.15) is 0 Å². The molecular formula is C8H9NO3S. The Hall–Kier alpha value is -1.10. The van der Waals surface area contributed by atoms with Crippen LogP contribution in [0, 0.1) is 0 Å². The fourth-order valence-corrected chi connectivity index (χ4v) is 1.91. The van der Waals surface area contributed by atoms with Gasteiger partial charge in [0, 0.05) is 5.92 Å². The molecule has 2 rings (SSSR count). The largest absolute Gasteiger partial charge is 0.479 e. The Morgan fingerprint density at radius 3 is 3.15 bits per heavy atom. The molecule has 13 heavy (non-hydrogen) atoms. The zero-order valence-electron chi connectivity index (χ0n) is 6.90. The Morgan fingerprint density at radius 2 is 2.54 bits per heavy atom. The quantitative estimate of drug-likeness (QED) is 0.798. The predicted octanol–water partition coefficient (Wildman–Crippen LogP) is 1.48. The first-order chi connectivity index (χ1) is 6.25. The Labute approximate surface area is 79.2 Å². The first kappa shape index (κ1) is 8.50. The van der Waals surface area contributed by atoms with E-state index in [1.165, 1.54) is 12.8 Å². The van der Waals surface area contributed by atoms with Crippen LogP contribution in [0.15, 0.2) is 5.38 Å². The van der Waals surface area contributed by atoms with E-state index in [0.29, 0.717) is 11.8 Å². The van der Waals surface area contributed by atoms with Crippen LogP contribution in [0.25, 0.3) is 0 Å². The molecule has 1 heterocycles. The van der Waals surface area contributed by atoms with E-state index in [1.807, 2.05) is 0 Å². The van der Waals surface area contributed by atoms with Gasteiger partial charge in [-0.3, -0.25) is 0 Å². The third kappa shape index (κ3) is 2.18. The maximum atomic E-state index is 10.2. The third-order valence-electron chi connectivity index (χ3n) is 1.77. The number of hydrogen-bond acceptors (Lipinski definition) is 4. The molecule has 1 saturated carbocycles. The molecule has 1 aromatic heterocycles. The van der Waals surface area contributed by atoms with Gasteiger partial charge in [-0.05, 0) is 12.8 Å². The molecule has 1 aliphatic rings. The van der Waals surface area contributed by atoms with Gasteiger partial charge in [0.25, 0.3) is 0 Å². The number of hydrogen-bond donors (Lipinski definition) is 1. The molecule has 0 amide bonds. The number of aromatic nitrogens is 1. The molecule has 1 fully saturated rings. The summed E-state index contributed by atoms with van der Waals surface area (Å²) in [7, 11) is 0. The van der Waals surface area contributed by atoms with Crippen molar-refractivity contribution in [2.24, 2.45) is 0 Å². The van der Waals surface area contributed by atoms with Crippen molar-refractivity contribution in [2.75, 3.05) is 6.61 Å². The maximum Gasteiger partial charge on any atom is 0.341 e. The molecule has 0 atom stereocenters. The van der Waals surface area contributed by atoms with Crippen molar-refractivity contribution in [3.63, 3.8) is 0 Å². The SMILES string of the molecule is O=C(O)COc1csc(C2CC2)n1. The maximum absolute atomic E-state index is 10.2. The zero-order valence-corrected chi connectivity index (χ0v) is 7.71. The Morgan fingerprint density at radius 1 is 1.77 bits per heavy atom. The molecule has 4 nitrogen and oxygen atoms in total. The van der Waals surface area contributed by atoms with Crippen molar-refractivity contribution < 1.29 is 14.6 Å². The van der Waals surface area contributed by atoms with E-state index in [2.05, 4.69) is 4.98 Å². The Balaban J connectivity index is 1.92. The number of carboxylic acid groups (broad SMARTS) is 1. The summed E-state index contributed by atoms with van der Waals surface area (Å²) in [6, 6.07) is 0.